The molecule has 0 fully saturated rings. The summed E-state index contributed by atoms with van der Waals surface area (Å²) in [6.07, 6.45) is 2.54. The van der Waals surface area contributed by atoms with E-state index in [1.807, 2.05) is 0 Å². The van der Waals surface area contributed by atoms with Crippen molar-refractivity contribution in [3.8, 4) is 0 Å². The van der Waals surface area contributed by atoms with Crippen LogP contribution in [0.2, 0.25) is 0 Å². The summed E-state index contributed by atoms with van der Waals surface area (Å²) in [6, 6.07) is 8.67. The molecule has 1 aromatic rings. The molecule has 0 N–H and O–H groups in total. The molecule has 1 aromatic carbocycles. The summed E-state index contributed by atoms with van der Waals surface area (Å²) in [4.78, 5) is 0. The van der Waals surface area contributed by atoms with E-state index in [4.69, 9.17) is 4.74 Å². The SMILES string of the molecule is CC(C)CC1OCCc2ccccc21. The molecule has 1 aliphatic heterocycles. The van der Waals surface area contributed by atoms with Crippen LogP contribution in [0.25, 0.3) is 0 Å². The Bertz CT molecular complexity index is 304. The second-order valence-corrected chi connectivity index (χ2v) is 4.44. The molecule has 1 heterocycles. The van der Waals surface area contributed by atoms with Gasteiger partial charge in [0.1, 0.15) is 0 Å². The van der Waals surface area contributed by atoms with E-state index in [1.54, 1.807) is 0 Å². The fourth-order valence-electron chi connectivity index (χ4n) is 2.10. The van der Waals surface area contributed by atoms with Gasteiger partial charge in [-0.15, -0.1) is 0 Å². The van der Waals surface area contributed by atoms with Crippen LogP contribution >= 0.6 is 0 Å². The standard InChI is InChI=1S/C13H18O/c1-10(2)9-13-12-6-4-3-5-11(12)7-8-14-13/h3-6,10,13H,7-9H2,1-2H3. The third-order valence-corrected chi connectivity index (χ3v) is 2.78. The number of hydrogen-bond acceptors (Lipinski definition) is 1. The Morgan fingerprint density at radius 2 is 2.14 bits per heavy atom. The van der Waals surface area contributed by atoms with Crippen LogP contribution in [-0.2, 0) is 11.2 Å². The first-order valence-electron chi connectivity index (χ1n) is 5.47. The van der Waals surface area contributed by atoms with Crippen LogP contribution in [0.1, 0.15) is 37.5 Å². The van der Waals surface area contributed by atoms with Gasteiger partial charge < -0.3 is 4.74 Å². The van der Waals surface area contributed by atoms with Gasteiger partial charge >= 0.3 is 0 Å². The zero-order valence-electron chi connectivity index (χ0n) is 8.99. The van der Waals surface area contributed by atoms with Gasteiger partial charge in [-0.2, -0.15) is 0 Å². The van der Waals surface area contributed by atoms with Crippen LogP contribution in [-0.4, -0.2) is 6.61 Å². The maximum absolute atomic E-state index is 5.82. The molecule has 1 unspecified atom stereocenters. The van der Waals surface area contributed by atoms with Crippen molar-refractivity contribution in [1.29, 1.82) is 0 Å². The molecule has 1 atom stereocenters. The molecule has 0 radical (unpaired) electrons. The lowest BCUT2D eigenvalue weighted by atomic mass is 9.92. The highest BCUT2D eigenvalue weighted by Gasteiger charge is 2.20. The first-order valence-corrected chi connectivity index (χ1v) is 5.47. The van der Waals surface area contributed by atoms with Gasteiger partial charge in [-0.05, 0) is 29.9 Å². The summed E-state index contributed by atoms with van der Waals surface area (Å²) in [5.74, 6) is 0.700. The van der Waals surface area contributed by atoms with E-state index in [-0.39, 0.29) is 0 Å². The van der Waals surface area contributed by atoms with Gasteiger partial charge in [0.25, 0.3) is 0 Å². The third kappa shape index (κ3) is 1.98. The molecule has 0 aromatic heterocycles. The molecule has 2 rings (SSSR count). The van der Waals surface area contributed by atoms with Crippen molar-refractivity contribution in [2.75, 3.05) is 6.61 Å². The van der Waals surface area contributed by atoms with Crippen molar-refractivity contribution >= 4 is 0 Å². The Morgan fingerprint density at radius 1 is 1.36 bits per heavy atom. The Balaban J connectivity index is 2.22. The van der Waals surface area contributed by atoms with Gasteiger partial charge in [-0.3, -0.25) is 0 Å². The number of rotatable bonds is 2. The molecule has 14 heavy (non-hydrogen) atoms. The first-order chi connectivity index (χ1) is 6.77. The van der Waals surface area contributed by atoms with Gasteiger partial charge in [-0.1, -0.05) is 38.1 Å². The topological polar surface area (TPSA) is 9.23 Å². The number of benzene rings is 1. The average Bonchev–Trinajstić information content (AvgIpc) is 2.18. The molecule has 0 amide bonds. The Hall–Kier alpha value is -0.820. The lowest BCUT2D eigenvalue weighted by molar-refractivity contribution is 0.0284. The normalized spacial score (nSPS) is 20.9. The van der Waals surface area contributed by atoms with Gasteiger partial charge in [0.2, 0.25) is 0 Å². The first kappa shape index (κ1) is 9.72. The maximum Gasteiger partial charge on any atom is 0.0830 e. The van der Waals surface area contributed by atoms with E-state index >= 15 is 0 Å². The third-order valence-electron chi connectivity index (χ3n) is 2.78. The zero-order valence-corrected chi connectivity index (χ0v) is 8.99. The van der Waals surface area contributed by atoms with Crippen LogP contribution in [0, 0.1) is 5.92 Å². The Labute approximate surface area is 86.1 Å². The van der Waals surface area contributed by atoms with Crippen LogP contribution in [0.5, 0.6) is 0 Å². The minimum atomic E-state index is 0.333. The quantitative estimate of drug-likeness (QED) is 0.695. The van der Waals surface area contributed by atoms with Crippen molar-refractivity contribution in [2.45, 2.75) is 32.8 Å². The summed E-state index contributed by atoms with van der Waals surface area (Å²) >= 11 is 0. The fraction of sp³-hybridized carbons (Fsp3) is 0.538. The average molecular weight is 190 g/mol. The smallest absolute Gasteiger partial charge is 0.0830 e. The van der Waals surface area contributed by atoms with E-state index < -0.39 is 0 Å². The van der Waals surface area contributed by atoms with Gasteiger partial charge in [0, 0.05) is 0 Å². The molecule has 0 aliphatic carbocycles. The molecule has 1 nitrogen and oxygen atoms in total. The Morgan fingerprint density at radius 3 is 2.93 bits per heavy atom. The second-order valence-electron chi connectivity index (χ2n) is 4.44. The zero-order chi connectivity index (χ0) is 9.97. The van der Waals surface area contributed by atoms with E-state index in [9.17, 15) is 0 Å². The van der Waals surface area contributed by atoms with E-state index in [0.29, 0.717) is 12.0 Å². The summed E-state index contributed by atoms with van der Waals surface area (Å²) in [7, 11) is 0. The molecule has 0 bridgehead atoms. The largest absolute Gasteiger partial charge is 0.373 e. The van der Waals surface area contributed by atoms with Crippen LogP contribution in [0.3, 0.4) is 0 Å². The van der Waals surface area contributed by atoms with Crippen LogP contribution in [0.15, 0.2) is 24.3 Å². The number of hydrogen-bond donors (Lipinski definition) is 0. The number of fused-ring (bicyclic) bond motifs is 1. The van der Waals surface area contributed by atoms with Crippen molar-refractivity contribution in [1.82, 2.24) is 0 Å². The summed E-state index contributed by atoms with van der Waals surface area (Å²) in [5.41, 5.74) is 2.89. The lowest BCUT2D eigenvalue weighted by Gasteiger charge is -2.27. The van der Waals surface area contributed by atoms with Crippen LogP contribution in [0.4, 0.5) is 0 Å². The van der Waals surface area contributed by atoms with Crippen molar-refractivity contribution < 1.29 is 4.74 Å². The van der Waals surface area contributed by atoms with Crippen molar-refractivity contribution in [3.05, 3.63) is 35.4 Å². The molecule has 1 heteroatoms. The molecule has 76 valence electrons. The minimum Gasteiger partial charge on any atom is -0.373 e. The second kappa shape index (κ2) is 4.14. The van der Waals surface area contributed by atoms with Gasteiger partial charge in [0.05, 0.1) is 12.7 Å². The molecular weight excluding hydrogens is 172 g/mol. The fourth-order valence-corrected chi connectivity index (χ4v) is 2.10. The summed E-state index contributed by atoms with van der Waals surface area (Å²) < 4.78 is 5.82. The van der Waals surface area contributed by atoms with E-state index in [2.05, 4.69) is 38.1 Å². The summed E-state index contributed by atoms with van der Waals surface area (Å²) in [6.45, 7) is 5.38. The van der Waals surface area contributed by atoms with Gasteiger partial charge in [-0.25, -0.2) is 0 Å². The predicted molar refractivity (Wildman–Crippen MR) is 58.3 cm³/mol. The lowest BCUT2D eigenvalue weighted by Crippen LogP contribution is -2.17. The van der Waals surface area contributed by atoms with Gasteiger partial charge in [0.15, 0.2) is 0 Å². The van der Waals surface area contributed by atoms with Crippen LogP contribution < -0.4 is 0 Å². The van der Waals surface area contributed by atoms with E-state index in [1.165, 1.54) is 11.1 Å². The minimum absolute atomic E-state index is 0.333. The molecule has 1 aliphatic rings. The van der Waals surface area contributed by atoms with E-state index in [0.717, 1.165) is 19.4 Å². The predicted octanol–water partition coefficient (Wildman–Crippen LogP) is 3.35. The Kier molecular flexibility index (Phi) is 2.87. The highest BCUT2D eigenvalue weighted by molar-refractivity contribution is 5.30. The molecule has 0 saturated heterocycles. The van der Waals surface area contributed by atoms with Crippen molar-refractivity contribution in [3.63, 3.8) is 0 Å². The van der Waals surface area contributed by atoms with Crippen molar-refractivity contribution in [2.24, 2.45) is 5.92 Å². The monoisotopic (exact) mass is 190 g/mol. The number of ether oxygens (including phenoxy) is 1. The molecule has 0 saturated carbocycles. The highest BCUT2D eigenvalue weighted by Crippen LogP contribution is 2.31. The molecule has 0 spiro atoms. The highest BCUT2D eigenvalue weighted by atomic mass is 16.5. The molecular formula is C13H18O. The summed E-state index contributed by atoms with van der Waals surface area (Å²) in [5, 5.41) is 0. The maximum atomic E-state index is 5.82.